The summed E-state index contributed by atoms with van der Waals surface area (Å²) < 4.78 is 2.02. The molecule has 0 aliphatic heterocycles. The highest BCUT2D eigenvalue weighted by Crippen LogP contribution is 2.21. The van der Waals surface area contributed by atoms with Crippen molar-refractivity contribution in [3.8, 4) is 0 Å². The zero-order valence-electron chi connectivity index (χ0n) is 9.58. The van der Waals surface area contributed by atoms with Crippen LogP contribution in [0.3, 0.4) is 0 Å². The van der Waals surface area contributed by atoms with Gasteiger partial charge in [0, 0.05) is 18.8 Å². The number of aryl methyl sites for hydroxylation is 1. The normalized spacial score (nSPS) is 17.9. The van der Waals surface area contributed by atoms with Crippen molar-refractivity contribution in [1.82, 2.24) is 9.78 Å². The van der Waals surface area contributed by atoms with Gasteiger partial charge < -0.3 is 5.32 Å². The van der Waals surface area contributed by atoms with Gasteiger partial charge in [-0.05, 0) is 19.3 Å². The Balaban J connectivity index is 1.86. The predicted octanol–water partition coefficient (Wildman–Crippen LogP) is 3.04. The molecule has 0 bridgehead atoms. The Labute approximate surface area is 91.9 Å². The molecular weight excluding hydrogens is 186 g/mol. The monoisotopic (exact) mass is 207 g/mol. The smallest absolute Gasteiger partial charge is 0.0728 e. The second-order valence-electron chi connectivity index (χ2n) is 4.47. The molecule has 0 aromatic carbocycles. The first-order valence-corrected chi connectivity index (χ1v) is 6.17. The van der Waals surface area contributed by atoms with E-state index in [9.17, 15) is 0 Å². The Bertz CT molecular complexity index is 287. The summed E-state index contributed by atoms with van der Waals surface area (Å²) in [7, 11) is 0. The molecule has 0 radical (unpaired) electrons. The molecule has 1 fully saturated rings. The lowest BCUT2D eigenvalue weighted by atomic mass is 9.95. The standard InChI is InChI=1S/C12H21N3/c1-2-8-15-10-12(9-13-15)14-11-6-4-3-5-7-11/h9-11,14H,2-8H2,1H3. The van der Waals surface area contributed by atoms with Crippen LogP contribution >= 0.6 is 0 Å². The van der Waals surface area contributed by atoms with Crippen molar-refractivity contribution in [3.63, 3.8) is 0 Å². The van der Waals surface area contributed by atoms with Gasteiger partial charge in [0.25, 0.3) is 0 Å². The highest BCUT2D eigenvalue weighted by molar-refractivity contribution is 5.39. The van der Waals surface area contributed by atoms with E-state index in [-0.39, 0.29) is 0 Å². The van der Waals surface area contributed by atoms with Crippen molar-refractivity contribution in [2.24, 2.45) is 0 Å². The molecule has 84 valence electrons. The summed E-state index contributed by atoms with van der Waals surface area (Å²) in [6, 6.07) is 0.679. The third-order valence-corrected chi connectivity index (χ3v) is 3.06. The maximum atomic E-state index is 4.33. The first-order chi connectivity index (χ1) is 7.38. The molecule has 0 saturated heterocycles. The fraction of sp³-hybridized carbons (Fsp3) is 0.750. The minimum atomic E-state index is 0.679. The second-order valence-corrected chi connectivity index (χ2v) is 4.47. The fourth-order valence-electron chi connectivity index (χ4n) is 2.27. The van der Waals surface area contributed by atoms with E-state index in [1.165, 1.54) is 37.8 Å². The summed E-state index contributed by atoms with van der Waals surface area (Å²) in [6.45, 7) is 3.20. The van der Waals surface area contributed by atoms with Crippen LogP contribution in [0.5, 0.6) is 0 Å². The van der Waals surface area contributed by atoms with Crippen LogP contribution in [0.2, 0.25) is 0 Å². The molecule has 3 heteroatoms. The van der Waals surface area contributed by atoms with E-state index in [2.05, 4.69) is 23.5 Å². The molecule has 2 rings (SSSR count). The van der Waals surface area contributed by atoms with Crippen molar-refractivity contribution in [2.45, 2.75) is 58.0 Å². The first kappa shape index (κ1) is 10.5. The van der Waals surface area contributed by atoms with Crippen molar-refractivity contribution >= 4 is 5.69 Å². The number of aromatic nitrogens is 2. The molecule has 1 heterocycles. The topological polar surface area (TPSA) is 29.9 Å². The van der Waals surface area contributed by atoms with Crippen molar-refractivity contribution in [3.05, 3.63) is 12.4 Å². The predicted molar refractivity (Wildman–Crippen MR) is 63.0 cm³/mol. The van der Waals surface area contributed by atoms with Crippen LogP contribution in [0.25, 0.3) is 0 Å². The zero-order chi connectivity index (χ0) is 10.5. The van der Waals surface area contributed by atoms with E-state index < -0.39 is 0 Å². The molecule has 1 saturated carbocycles. The Hall–Kier alpha value is -0.990. The van der Waals surface area contributed by atoms with Crippen LogP contribution < -0.4 is 5.32 Å². The van der Waals surface area contributed by atoms with Gasteiger partial charge in [0.15, 0.2) is 0 Å². The van der Waals surface area contributed by atoms with Crippen LogP contribution in [0.4, 0.5) is 5.69 Å². The van der Waals surface area contributed by atoms with E-state index in [0.717, 1.165) is 13.0 Å². The molecule has 0 spiro atoms. The van der Waals surface area contributed by atoms with Crippen LogP contribution in [0.15, 0.2) is 12.4 Å². The number of nitrogens with zero attached hydrogens (tertiary/aromatic N) is 2. The number of anilines is 1. The molecular formula is C12H21N3. The van der Waals surface area contributed by atoms with E-state index in [0.29, 0.717) is 6.04 Å². The van der Waals surface area contributed by atoms with Crippen molar-refractivity contribution in [2.75, 3.05) is 5.32 Å². The highest BCUT2D eigenvalue weighted by Gasteiger charge is 2.13. The summed E-state index contributed by atoms with van der Waals surface area (Å²) in [6.07, 6.45) is 12.0. The van der Waals surface area contributed by atoms with Crippen molar-refractivity contribution in [1.29, 1.82) is 0 Å². The molecule has 0 unspecified atom stereocenters. The summed E-state index contributed by atoms with van der Waals surface area (Å²) in [4.78, 5) is 0. The van der Waals surface area contributed by atoms with Gasteiger partial charge >= 0.3 is 0 Å². The lowest BCUT2D eigenvalue weighted by Gasteiger charge is -2.22. The Kier molecular flexibility index (Phi) is 3.64. The molecule has 0 atom stereocenters. The van der Waals surface area contributed by atoms with Gasteiger partial charge in [-0.3, -0.25) is 4.68 Å². The van der Waals surface area contributed by atoms with Gasteiger partial charge in [-0.25, -0.2) is 0 Å². The third-order valence-electron chi connectivity index (χ3n) is 3.06. The highest BCUT2D eigenvalue weighted by atomic mass is 15.3. The molecule has 1 N–H and O–H groups in total. The number of rotatable bonds is 4. The summed E-state index contributed by atoms with van der Waals surface area (Å²) in [5.74, 6) is 0. The Morgan fingerprint density at radius 2 is 2.20 bits per heavy atom. The molecule has 1 aromatic heterocycles. The lowest BCUT2D eigenvalue weighted by Crippen LogP contribution is -2.21. The average molecular weight is 207 g/mol. The van der Waals surface area contributed by atoms with E-state index in [1.54, 1.807) is 0 Å². The maximum Gasteiger partial charge on any atom is 0.0728 e. The molecule has 0 amide bonds. The number of nitrogens with one attached hydrogen (secondary N) is 1. The minimum Gasteiger partial charge on any atom is -0.380 e. The van der Waals surface area contributed by atoms with Crippen molar-refractivity contribution < 1.29 is 0 Å². The molecule has 3 nitrogen and oxygen atoms in total. The Morgan fingerprint density at radius 1 is 1.40 bits per heavy atom. The van der Waals surface area contributed by atoms with Gasteiger partial charge in [-0.2, -0.15) is 5.10 Å². The number of hydrogen-bond acceptors (Lipinski definition) is 2. The minimum absolute atomic E-state index is 0.679. The van der Waals surface area contributed by atoms with Crippen LogP contribution in [-0.2, 0) is 6.54 Å². The first-order valence-electron chi connectivity index (χ1n) is 6.17. The Morgan fingerprint density at radius 3 is 2.93 bits per heavy atom. The van der Waals surface area contributed by atoms with Gasteiger partial charge in [-0.1, -0.05) is 26.2 Å². The second kappa shape index (κ2) is 5.19. The maximum absolute atomic E-state index is 4.33. The van der Waals surface area contributed by atoms with E-state index in [1.807, 2.05) is 10.9 Å². The lowest BCUT2D eigenvalue weighted by molar-refractivity contribution is 0.462. The fourth-order valence-corrected chi connectivity index (χ4v) is 2.27. The van der Waals surface area contributed by atoms with Crippen LogP contribution in [-0.4, -0.2) is 15.8 Å². The van der Waals surface area contributed by atoms with Gasteiger partial charge in [-0.15, -0.1) is 0 Å². The molecule has 1 aliphatic carbocycles. The third kappa shape index (κ3) is 2.98. The van der Waals surface area contributed by atoms with Gasteiger partial charge in [0.2, 0.25) is 0 Å². The zero-order valence-corrected chi connectivity index (χ0v) is 9.58. The van der Waals surface area contributed by atoms with Crippen LogP contribution in [0, 0.1) is 0 Å². The summed E-state index contributed by atoms with van der Waals surface area (Å²) in [5.41, 5.74) is 1.19. The largest absolute Gasteiger partial charge is 0.380 e. The summed E-state index contributed by atoms with van der Waals surface area (Å²) in [5, 5.41) is 7.90. The molecule has 15 heavy (non-hydrogen) atoms. The van der Waals surface area contributed by atoms with Crippen LogP contribution in [0.1, 0.15) is 45.4 Å². The van der Waals surface area contributed by atoms with Gasteiger partial charge in [0.05, 0.1) is 11.9 Å². The summed E-state index contributed by atoms with van der Waals surface area (Å²) >= 11 is 0. The van der Waals surface area contributed by atoms with E-state index >= 15 is 0 Å². The van der Waals surface area contributed by atoms with E-state index in [4.69, 9.17) is 0 Å². The SMILES string of the molecule is CCCn1cc(NC2CCCCC2)cn1. The number of hydrogen-bond donors (Lipinski definition) is 1. The van der Waals surface area contributed by atoms with Gasteiger partial charge in [0.1, 0.15) is 0 Å². The molecule has 1 aliphatic rings. The average Bonchev–Trinajstić information content (AvgIpc) is 2.68. The quantitative estimate of drug-likeness (QED) is 0.822. The molecule has 1 aromatic rings.